The normalized spacial score (nSPS) is 14.8. The van der Waals surface area contributed by atoms with Crippen molar-refractivity contribution in [2.24, 2.45) is 5.73 Å². The minimum atomic E-state index is 0.531. The maximum atomic E-state index is 5.73. The van der Waals surface area contributed by atoms with Gasteiger partial charge in [-0.05, 0) is 31.7 Å². The van der Waals surface area contributed by atoms with Crippen LogP contribution in [0.25, 0.3) is 5.65 Å². The molecule has 78 valence electrons. The van der Waals surface area contributed by atoms with Crippen LogP contribution in [0.3, 0.4) is 0 Å². The first-order chi connectivity index (χ1) is 7.29. The molecule has 1 aliphatic carbocycles. The molecule has 3 rings (SSSR count). The van der Waals surface area contributed by atoms with Gasteiger partial charge in [0, 0.05) is 18.3 Å². The average Bonchev–Trinajstić information content (AvgIpc) is 2.80. The van der Waals surface area contributed by atoms with Crippen LogP contribution in [0.15, 0.2) is 6.07 Å². The fourth-order valence-corrected chi connectivity index (χ4v) is 2.41. The van der Waals surface area contributed by atoms with Gasteiger partial charge in [-0.25, -0.2) is 9.50 Å². The number of aromatic nitrogens is 3. The molecule has 0 radical (unpaired) electrons. The zero-order chi connectivity index (χ0) is 10.4. The van der Waals surface area contributed by atoms with Crippen LogP contribution in [-0.4, -0.2) is 14.6 Å². The lowest BCUT2D eigenvalue weighted by Gasteiger charge is -2.07. The minimum absolute atomic E-state index is 0.531. The Balaban J connectivity index is 2.39. The fraction of sp³-hybridized carbons (Fsp3) is 0.455. The lowest BCUT2D eigenvalue weighted by molar-refractivity contribution is 0.820. The number of aryl methyl sites for hydroxylation is 2. The van der Waals surface area contributed by atoms with Crippen molar-refractivity contribution in [1.29, 1.82) is 0 Å². The zero-order valence-corrected chi connectivity index (χ0v) is 8.82. The molecule has 0 saturated heterocycles. The van der Waals surface area contributed by atoms with Crippen LogP contribution >= 0.6 is 0 Å². The first kappa shape index (κ1) is 8.85. The quantitative estimate of drug-likeness (QED) is 0.750. The van der Waals surface area contributed by atoms with E-state index >= 15 is 0 Å². The summed E-state index contributed by atoms with van der Waals surface area (Å²) in [5.41, 5.74) is 11.4. The number of nitrogens with zero attached hydrogens (tertiary/aromatic N) is 3. The van der Waals surface area contributed by atoms with E-state index in [0.29, 0.717) is 6.54 Å². The van der Waals surface area contributed by atoms with Crippen molar-refractivity contribution in [3.8, 4) is 0 Å². The Kier molecular flexibility index (Phi) is 1.79. The molecule has 0 saturated carbocycles. The molecule has 2 aromatic rings. The third kappa shape index (κ3) is 1.18. The van der Waals surface area contributed by atoms with Crippen LogP contribution in [0.4, 0.5) is 0 Å². The standard InChI is InChI=1S/C11H14N4/c1-7-5-11-13-9(6-12)8-3-2-4-10(8)15(11)14-7/h5H,2-4,6,12H2,1H3. The van der Waals surface area contributed by atoms with Crippen LogP contribution in [0.1, 0.15) is 29.1 Å². The summed E-state index contributed by atoms with van der Waals surface area (Å²) in [4.78, 5) is 4.56. The summed E-state index contributed by atoms with van der Waals surface area (Å²) in [6.07, 6.45) is 3.40. The Labute approximate surface area is 88.1 Å². The second-order valence-corrected chi connectivity index (χ2v) is 4.10. The third-order valence-electron chi connectivity index (χ3n) is 3.05. The highest BCUT2D eigenvalue weighted by Crippen LogP contribution is 2.25. The smallest absolute Gasteiger partial charge is 0.155 e. The molecular formula is C11H14N4. The number of rotatable bonds is 1. The van der Waals surface area contributed by atoms with Gasteiger partial charge in [0.05, 0.1) is 11.4 Å². The zero-order valence-electron chi connectivity index (χ0n) is 8.82. The predicted octanol–water partition coefficient (Wildman–Crippen LogP) is 0.985. The van der Waals surface area contributed by atoms with Gasteiger partial charge in [-0.1, -0.05) is 0 Å². The van der Waals surface area contributed by atoms with E-state index in [9.17, 15) is 0 Å². The molecule has 0 spiro atoms. The maximum Gasteiger partial charge on any atom is 0.155 e. The molecule has 0 unspecified atom stereocenters. The highest BCUT2D eigenvalue weighted by atomic mass is 15.3. The Bertz CT molecular complexity index is 527. The molecule has 2 heterocycles. The number of nitrogens with two attached hydrogens (primary N) is 1. The molecule has 0 atom stereocenters. The summed E-state index contributed by atoms with van der Waals surface area (Å²) in [6.45, 7) is 2.53. The molecule has 4 nitrogen and oxygen atoms in total. The van der Waals surface area contributed by atoms with Gasteiger partial charge >= 0.3 is 0 Å². The van der Waals surface area contributed by atoms with Crippen LogP contribution in [0, 0.1) is 6.92 Å². The van der Waals surface area contributed by atoms with Crippen molar-refractivity contribution < 1.29 is 0 Å². The highest BCUT2D eigenvalue weighted by Gasteiger charge is 2.19. The van der Waals surface area contributed by atoms with Gasteiger partial charge in [0.1, 0.15) is 0 Å². The van der Waals surface area contributed by atoms with Gasteiger partial charge in [0.25, 0.3) is 0 Å². The third-order valence-corrected chi connectivity index (χ3v) is 3.05. The fourth-order valence-electron chi connectivity index (χ4n) is 2.41. The Morgan fingerprint density at radius 2 is 2.33 bits per heavy atom. The monoisotopic (exact) mass is 202 g/mol. The van der Waals surface area contributed by atoms with E-state index in [1.165, 1.54) is 17.7 Å². The lowest BCUT2D eigenvalue weighted by Crippen LogP contribution is -2.09. The molecule has 4 heteroatoms. The number of hydrogen-bond acceptors (Lipinski definition) is 3. The number of fused-ring (bicyclic) bond motifs is 3. The first-order valence-electron chi connectivity index (χ1n) is 5.36. The molecule has 0 bridgehead atoms. The molecule has 0 aromatic carbocycles. The molecule has 2 aromatic heterocycles. The molecule has 0 fully saturated rings. The summed E-state index contributed by atoms with van der Waals surface area (Å²) >= 11 is 0. The van der Waals surface area contributed by atoms with E-state index in [-0.39, 0.29) is 0 Å². The second-order valence-electron chi connectivity index (χ2n) is 4.10. The van der Waals surface area contributed by atoms with Gasteiger partial charge in [-0.3, -0.25) is 0 Å². The molecule has 1 aliphatic rings. The van der Waals surface area contributed by atoms with E-state index in [1.54, 1.807) is 0 Å². The van der Waals surface area contributed by atoms with Crippen molar-refractivity contribution in [1.82, 2.24) is 14.6 Å². The summed E-state index contributed by atoms with van der Waals surface area (Å²) in [5.74, 6) is 0. The molecule has 0 amide bonds. The van der Waals surface area contributed by atoms with Crippen LogP contribution in [0.2, 0.25) is 0 Å². The average molecular weight is 202 g/mol. The van der Waals surface area contributed by atoms with Gasteiger partial charge < -0.3 is 5.73 Å². The van der Waals surface area contributed by atoms with Crippen molar-refractivity contribution in [3.63, 3.8) is 0 Å². The summed E-state index contributed by atoms with van der Waals surface area (Å²) < 4.78 is 1.98. The largest absolute Gasteiger partial charge is 0.325 e. The minimum Gasteiger partial charge on any atom is -0.325 e. The van der Waals surface area contributed by atoms with Crippen molar-refractivity contribution in [2.45, 2.75) is 32.7 Å². The van der Waals surface area contributed by atoms with E-state index in [4.69, 9.17) is 5.73 Å². The van der Waals surface area contributed by atoms with Gasteiger partial charge in [-0.15, -0.1) is 0 Å². The van der Waals surface area contributed by atoms with E-state index in [1.807, 2.05) is 17.5 Å². The van der Waals surface area contributed by atoms with Crippen molar-refractivity contribution in [3.05, 3.63) is 28.7 Å². The SMILES string of the molecule is Cc1cc2nc(CN)c3c(n2n1)CCC3. The predicted molar refractivity (Wildman–Crippen MR) is 57.6 cm³/mol. The topological polar surface area (TPSA) is 56.2 Å². The Morgan fingerprint density at radius 3 is 3.13 bits per heavy atom. The van der Waals surface area contributed by atoms with E-state index < -0.39 is 0 Å². The van der Waals surface area contributed by atoms with Gasteiger partial charge in [0.15, 0.2) is 5.65 Å². The maximum absolute atomic E-state index is 5.73. The molecule has 2 N–H and O–H groups in total. The molecule has 0 aliphatic heterocycles. The molecular weight excluding hydrogens is 188 g/mol. The summed E-state index contributed by atoms with van der Waals surface area (Å²) in [5, 5.41) is 4.47. The summed E-state index contributed by atoms with van der Waals surface area (Å²) in [7, 11) is 0. The van der Waals surface area contributed by atoms with E-state index in [0.717, 1.165) is 29.9 Å². The second kappa shape index (κ2) is 3.03. The van der Waals surface area contributed by atoms with Crippen molar-refractivity contribution >= 4 is 5.65 Å². The van der Waals surface area contributed by atoms with Gasteiger partial charge in [-0.2, -0.15) is 5.10 Å². The van der Waals surface area contributed by atoms with Crippen molar-refractivity contribution in [2.75, 3.05) is 0 Å². The Morgan fingerprint density at radius 1 is 1.47 bits per heavy atom. The number of hydrogen-bond donors (Lipinski definition) is 1. The van der Waals surface area contributed by atoms with Gasteiger partial charge in [0.2, 0.25) is 0 Å². The first-order valence-corrected chi connectivity index (χ1v) is 5.36. The van der Waals surface area contributed by atoms with Crippen LogP contribution in [-0.2, 0) is 19.4 Å². The van der Waals surface area contributed by atoms with Crippen LogP contribution < -0.4 is 5.73 Å². The molecule has 15 heavy (non-hydrogen) atoms. The lowest BCUT2D eigenvalue weighted by atomic mass is 10.2. The Hall–Kier alpha value is -1.42. The highest BCUT2D eigenvalue weighted by molar-refractivity contribution is 5.46. The van der Waals surface area contributed by atoms with Crippen LogP contribution in [0.5, 0.6) is 0 Å². The van der Waals surface area contributed by atoms with E-state index in [2.05, 4.69) is 10.1 Å². The summed E-state index contributed by atoms with van der Waals surface area (Å²) in [6, 6.07) is 2.01.